The van der Waals surface area contributed by atoms with Crippen LogP contribution >= 0.6 is 11.6 Å². The predicted molar refractivity (Wildman–Crippen MR) is 83.5 cm³/mol. The minimum Gasteiger partial charge on any atom is -0.500 e. The van der Waals surface area contributed by atoms with Gasteiger partial charge in [0.15, 0.2) is 0 Å². The van der Waals surface area contributed by atoms with Crippen molar-refractivity contribution in [2.24, 2.45) is 0 Å². The molecule has 24 heavy (non-hydrogen) atoms. The quantitative estimate of drug-likeness (QED) is 0.108. The van der Waals surface area contributed by atoms with Gasteiger partial charge in [-0.3, -0.25) is 14.9 Å². The van der Waals surface area contributed by atoms with Gasteiger partial charge in [0.05, 0.1) is 29.3 Å². The summed E-state index contributed by atoms with van der Waals surface area (Å²) in [4.78, 5) is 34.6. The largest absolute Gasteiger partial charge is 0.500 e. The van der Waals surface area contributed by atoms with E-state index < -0.39 is 44.3 Å². The van der Waals surface area contributed by atoms with E-state index in [1.165, 1.54) is 6.92 Å². The van der Waals surface area contributed by atoms with Gasteiger partial charge in [0.2, 0.25) is 5.78 Å². The third-order valence-corrected chi connectivity index (χ3v) is 3.35. The lowest BCUT2D eigenvalue weighted by Crippen LogP contribution is -2.18. The SMILES string of the molecule is CCOC=C(C(=O)OCC)C(=O)c1cc(F)c(C)c([N+](=O)[O-])c1Cl. The lowest BCUT2D eigenvalue weighted by atomic mass is 10.0. The Morgan fingerprint density at radius 2 is 2.00 bits per heavy atom. The van der Waals surface area contributed by atoms with Gasteiger partial charge in [0, 0.05) is 0 Å². The van der Waals surface area contributed by atoms with E-state index in [1.54, 1.807) is 6.92 Å². The van der Waals surface area contributed by atoms with E-state index in [0.717, 1.165) is 19.3 Å². The minimum atomic E-state index is -1.03. The minimum absolute atomic E-state index is 0.00822. The van der Waals surface area contributed by atoms with Crippen LogP contribution in [0.1, 0.15) is 29.8 Å². The molecular weight excluding hydrogens is 345 g/mol. The summed E-state index contributed by atoms with van der Waals surface area (Å²) < 4.78 is 23.6. The van der Waals surface area contributed by atoms with Gasteiger partial charge >= 0.3 is 5.97 Å². The maximum atomic E-state index is 13.9. The summed E-state index contributed by atoms with van der Waals surface area (Å²) in [6, 6.07) is 0.742. The number of ketones is 1. The smallest absolute Gasteiger partial charge is 0.345 e. The first-order valence-electron chi connectivity index (χ1n) is 6.92. The number of carbonyl (C=O) groups is 2. The Balaban J connectivity index is 3.49. The predicted octanol–water partition coefficient (Wildman–Crippen LogP) is 3.36. The molecule has 0 aromatic heterocycles. The molecule has 0 aliphatic heterocycles. The fourth-order valence-electron chi connectivity index (χ4n) is 1.80. The number of nitro groups is 1. The first kappa shape index (κ1) is 19.6. The Morgan fingerprint density at radius 1 is 1.38 bits per heavy atom. The summed E-state index contributed by atoms with van der Waals surface area (Å²) in [6.45, 7) is 4.46. The van der Waals surface area contributed by atoms with E-state index in [-0.39, 0.29) is 18.8 Å². The molecule has 0 heterocycles. The molecule has 1 aromatic carbocycles. The molecule has 0 unspecified atom stereocenters. The Kier molecular flexibility index (Phi) is 6.84. The monoisotopic (exact) mass is 359 g/mol. The third-order valence-electron chi connectivity index (χ3n) is 2.96. The van der Waals surface area contributed by atoms with Crippen molar-refractivity contribution < 1.29 is 28.4 Å². The molecular formula is C15H15ClFNO6. The molecule has 1 rings (SSSR count). The number of Topliss-reactive ketones (excluding diaryl/α,β-unsaturated/α-hetero) is 1. The number of esters is 1. The molecule has 0 saturated carbocycles. The first-order chi connectivity index (χ1) is 11.3. The van der Waals surface area contributed by atoms with Crippen molar-refractivity contribution in [2.45, 2.75) is 20.8 Å². The molecule has 0 atom stereocenters. The molecule has 0 amide bonds. The summed E-state index contributed by atoms with van der Waals surface area (Å²) >= 11 is 5.89. The van der Waals surface area contributed by atoms with Gasteiger partial charge in [-0.1, -0.05) is 11.6 Å². The van der Waals surface area contributed by atoms with E-state index >= 15 is 0 Å². The van der Waals surface area contributed by atoms with Crippen molar-refractivity contribution in [2.75, 3.05) is 13.2 Å². The van der Waals surface area contributed by atoms with Crippen LogP contribution < -0.4 is 0 Å². The summed E-state index contributed by atoms with van der Waals surface area (Å²) in [5.41, 5.74) is -2.11. The normalized spacial score (nSPS) is 11.1. The Bertz CT molecular complexity index is 716. The van der Waals surface area contributed by atoms with Crippen LogP contribution in [0.5, 0.6) is 0 Å². The molecule has 0 aliphatic rings. The van der Waals surface area contributed by atoms with Crippen LogP contribution in [0, 0.1) is 22.9 Å². The fourth-order valence-corrected chi connectivity index (χ4v) is 2.15. The van der Waals surface area contributed by atoms with Crippen LogP contribution in [-0.2, 0) is 14.3 Å². The zero-order valence-electron chi connectivity index (χ0n) is 13.2. The van der Waals surface area contributed by atoms with Gasteiger partial charge in [-0.25, -0.2) is 9.18 Å². The Morgan fingerprint density at radius 3 is 2.50 bits per heavy atom. The molecule has 7 nitrogen and oxygen atoms in total. The highest BCUT2D eigenvalue weighted by Gasteiger charge is 2.30. The molecule has 0 saturated heterocycles. The molecule has 130 valence electrons. The topological polar surface area (TPSA) is 95.7 Å². The molecule has 0 fully saturated rings. The van der Waals surface area contributed by atoms with Crippen LogP contribution in [0.2, 0.25) is 5.02 Å². The van der Waals surface area contributed by atoms with E-state index in [9.17, 15) is 24.1 Å². The van der Waals surface area contributed by atoms with Crippen molar-refractivity contribution >= 4 is 29.0 Å². The number of carbonyl (C=O) groups excluding carboxylic acids is 2. The molecule has 0 spiro atoms. The lowest BCUT2D eigenvalue weighted by Gasteiger charge is -2.10. The van der Waals surface area contributed by atoms with Crippen molar-refractivity contribution in [1.29, 1.82) is 0 Å². The Hall–Kier alpha value is -2.48. The molecule has 1 aromatic rings. The molecule has 0 bridgehead atoms. The van der Waals surface area contributed by atoms with E-state index in [4.69, 9.17) is 21.1 Å². The van der Waals surface area contributed by atoms with Crippen molar-refractivity contribution in [3.8, 4) is 0 Å². The summed E-state index contributed by atoms with van der Waals surface area (Å²) in [7, 11) is 0. The highest BCUT2D eigenvalue weighted by atomic mass is 35.5. The van der Waals surface area contributed by atoms with Gasteiger partial charge in [0.25, 0.3) is 5.69 Å². The fraction of sp³-hybridized carbons (Fsp3) is 0.333. The van der Waals surface area contributed by atoms with Crippen LogP contribution in [0.4, 0.5) is 10.1 Å². The van der Waals surface area contributed by atoms with Crippen LogP contribution in [0.15, 0.2) is 17.9 Å². The summed E-state index contributed by atoms with van der Waals surface area (Å²) in [6.07, 6.45) is 0.861. The molecule has 9 heteroatoms. The van der Waals surface area contributed by atoms with Gasteiger partial charge in [-0.15, -0.1) is 0 Å². The van der Waals surface area contributed by atoms with Crippen LogP contribution in [0.25, 0.3) is 0 Å². The van der Waals surface area contributed by atoms with E-state index in [0.29, 0.717) is 0 Å². The number of rotatable bonds is 7. The maximum absolute atomic E-state index is 13.9. The second-order valence-corrected chi connectivity index (χ2v) is 4.87. The zero-order chi connectivity index (χ0) is 18.4. The highest BCUT2D eigenvalue weighted by molar-refractivity contribution is 6.38. The van der Waals surface area contributed by atoms with Crippen molar-refractivity contribution in [3.05, 3.63) is 50.0 Å². The standard InChI is InChI=1S/C15H15ClFNO6/c1-4-23-7-10(15(20)24-5-2)14(19)9-6-11(17)8(3)13(12(9)16)18(21)22/h6-7H,4-5H2,1-3H3. The number of ether oxygens (including phenoxy) is 2. The zero-order valence-corrected chi connectivity index (χ0v) is 14.0. The second-order valence-electron chi connectivity index (χ2n) is 4.49. The molecule has 0 N–H and O–H groups in total. The van der Waals surface area contributed by atoms with Crippen molar-refractivity contribution in [3.63, 3.8) is 0 Å². The second kappa shape index (κ2) is 8.39. The highest BCUT2D eigenvalue weighted by Crippen LogP contribution is 2.34. The number of nitrogens with zero attached hydrogens (tertiary/aromatic N) is 1. The van der Waals surface area contributed by atoms with Crippen molar-refractivity contribution in [1.82, 2.24) is 0 Å². The number of halogens is 2. The third kappa shape index (κ3) is 4.08. The number of benzene rings is 1. The molecule has 0 radical (unpaired) electrons. The van der Waals surface area contributed by atoms with Crippen LogP contribution in [0.3, 0.4) is 0 Å². The average Bonchev–Trinajstić information content (AvgIpc) is 2.51. The maximum Gasteiger partial charge on any atom is 0.345 e. The van der Waals surface area contributed by atoms with Gasteiger partial charge in [-0.2, -0.15) is 0 Å². The van der Waals surface area contributed by atoms with Gasteiger partial charge < -0.3 is 9.47 Å². The van der Waals surface area contributed by atoms with Gasteiger partial charge in [0.1, 0.15) is 22.7 Å². The van der Waals surface area contributed by atoms with E-state index in [1.807, 2.05) is 0 Å². The summed E-state index contributed by atoms with van der Waals surface area (Å²) in [5, 5.41) is 10.5. The molecule has 0 aliphatic carbocycles. The summed E-state index contributed by atoms with van der Waals surface area (Å²) in [5.74, 6) is -3.03. The number of hydrogen-bond donors (Lipinski definition) is 0. The van der Waals surface area contributed by atoms with Gasteiger partial charge in [-0.05, 0) is 26.8 Å². The average molecular weight is 360 g/mol. The Labute approximate surface area is 142 Å². The van der Waals surface area contributed by atoms with Crippen LogP contribution in [-0.4, -0.2) is 29.9 Å². The lowest BCUT2D eigenvalue weighted by molar-refractivity contribution is -0.385. The first-order valence-corrected chi connectivity index (χ1v) is 7.30. The number of nitro benzene ring substituents is 1. The van der Waals surface area contributed by atoms with E-state index in [2.05, 4.69) is 0 Å². The number of hydrogen-bond acceptors (Lipinski definition) is 6.